The minimum Gasteiger partial charge on any atom is -0.311 e. The molecule has 0 bridgehead atoms. The van der Waals surface area contributed by atoms with Gasteiger partial charge >= 0.3 is 0 Å². The maximum absolute atomic E-state index is 4.12. The van der Waals surface area contributed by atoms with Gasteiger partial charge in [0.15, 0.2) is 0 Å². The molecule has 1 N–H and O–H groups in total. The Bertz CT molecular complexity index is 107. The fourth-order valence-corrected chi connectivity index (χ4v) is 1.01. The van der Waals surface area contributed by atoms with Gasteiger partial charge in [-0.25, -0.2) is 0 Å². The largest absolute Gasteiger partial charge is 0.311 e. The molecule has 0 aromatic carbocycles. The molecule has 0 radical (unpaired) electrons. The molecule has 1 aliphatic rings. The van der Waals surface area contributed by atoms with E-state index in [0.29, 0.717) is 5.92 Å². The molecule has 2 heteroatoms. The Morgan fingerprint density at radius 3 is 2.75 bits per heavy atom. The molecular formula is C6H12N2. The van der Waals surface area contributed by atoms with Crippen LogP contribution in [0.2, 0.25) is 0 Å². The molecule has 0 amide bonds. The van der Waals surface area contributed by atoms with Crippen molar-refractivity contribution in [3.63, 3.8) is 0 Å². The van der Waals surface area contributed by atoms with E-state index >= 15 is 0 Å². The predicted molar refractivity (Wildman–Crippen MR) is 35.4 cm³/mol. The SMILES string of the molecule is CN=C1CNCC1C. The van der Waals surface area contributed by atoms with E-state index in [0.717, 1.165) is 13.1 Å². The molecule has 1 fully saturated rings. The van der Waals surface area contributed by atoms with Crippen LogP contribution in [-0.2, 0) is 0 Å². The molecule has 1 heterocycles. The molecule has 0 aliphatic carbocycles. The Labute approximate surface area is 50.0 Å². The monoisotopic (exact) mass is 112 g/mol. The van der Waals surface area contributed by atoms with Crippen LogP contribution < -0.4 is 5.32 Å². The lowest BCUT2D eigenvalue weighted by molar-refractivity contribution is 0.740. The van der Waals surface area contributed by atoms with Crippen molar-refractivity contribution >= 4 is 5.71 Å². The molecule has 0 aromatic heterocycles. The summed E-state index contributed by atoms with van der Waals surface area (Å²) in [6.07, 6.45) is 0. The van der Waals surface area contributed by atoms with Crippen LogP contribution in [0, 0.1) is 5.92 Å². The van der Waals surface area contributed by atoms with Crippen molar-refractivity contribution in [1.29, 1.82) is 0 Å². The van der Waals surface area contributed by atoms with Crippen molar-refractivity contribution < 1.29 is 0 Å². The molecule has 0 spiro atoms. The first-order valence-electron chi connectivity index (χ1n) is 3.01. The minimum atomic E-state index is 0.667. The molecule has 0 saturated carbocycles. The van der Waals surface area contributed by atoms with E-state index in [1.165, 1.54) is 5.71 Å². The highest BCUT2D eigenvalue weighted by Gasteiger charge is 2.15. The van der Waals surface area contributed by atoms with Crippen LogP contribution in [0.4, 0.5) is 0 Å². The molecule has 2 nitrogen and oxygen atoms in total. The van der Waals surface area contributed by atoms with Crippen LogP contribution in [0.5, 0.6) is 0 Å². The van der Waals surface area contributed by atoms with E-state index in [1.54, 1.807) is 0 Å². The molecule has 1 rings (SSSR count). The highest BCUT2D eigenvalue weighted by atomic mass is 14.9. The van der Waals surface area contributed by atoms with E-state index in [-0.39, 0.29) is 0 Å². The average molecular weight is 112 g/mol. The molecular weight excluding hydrogens is 100 g/mol. The normalized spacial score (nSPS) is 34.2. The molecule has 1 unspecified atom stereocenters. The Hall–Kier alpha value is -0.370. The van der Waals surface area contributed by atoms with Crippen LogP contribution in [0.15, 0.2) is 4.99 Å². The number of aliphatic imine (C=N–C) groups is 1. The maximum atomic E-state index is 4.12. The summed E-state index contributed by atoms with van der Waals surface area (Å²) in [5.41, 5.74) is 1.31. The van der Waals surface area contributed by atoms with Crippen molar-refractivity contribution in [2.45, 2.75) is 6.92 Å². The Morgan fingerprint density at radius 1 is 1.75 bits per heavy atom. The van der Waals surface area contributed by atoms with Gasteiger partial charge < -0.3 is 5.32 Å². The lowest BCUT2D eigenvalue weighted by Gasteiger charge is -1.96. The first-order chi connectivity index (χ1) is 3.84. The summed E-state index contributed by atoms with van der Waals surface area (Å²) in [6, 6.07) is 0. The Morgan fingerprint density at radius 2 is 2.50 bits per heavy atom. The van der Waals surface area contributed by atoms with Gasteiger partial charge in [0.1, 0.15) is 0 Å². The molecule has 1 atom stereocenters. The van der Waals surface area contributed by atoms with E-state index < -0.39 is 0 Å². The standard InChI is InChI=1S/C6H12N2/c1-5-3-8-4-6(5)7-2/h5,8H,3-4H2,1-2H3. The number of nitrogens with zero attached hydrogens (tertiary/aromatic N) is 1. The van der Waals surface area contributed by atoms with Gasteiger partial charge in [-0.3, -0.25) is 4.99 Å². The van der Waals surface area contributed by atoms with Gasteiger partial charge in [0.25, 0.3) is 0 Å². The number of hydrogen-bond donors (Lipinski definition) is 1. The second-order valence-corrected chi connectivity index (χ2v) is 2.25. The number of nitrogens with one attached hydrogen (secondary N) is 1. The van der Waals surface area contributed by atoms with E-state index in [4.69, 9.17) is 0 Å². The van der Waals surface area contributed by atoms with Gasteiger partial charge in [-0.05, 0) is 0 Å². The summed E-state index contributed by atoms with van der Waals surface area (Å²) in [6.45, 7) is 4.30. The van der Waals surface area contributed by atoms with Crippen LogP contribution in [0.25, 0.3) is 0 Å². The topological polar surface area (TPSA) is 24.4 Å². The zero-order valence-electron chi connectivity index (χ0n) is 5.44. The lowest BCUT2D eigenvalue weighted by Crippen LogP contribution is -2.07. The fraction of sp³-hybridized carbons (Fsp3) is 0.833. The fourth-order valence-electron chi connectivity index (χ4n) is 1.01. The second kappa shape index (κ2) is 2.27. The summed E-state index contributed by atoms with van der Waals surface area (Å²) < 4.78 is 0. The van der Waals surface area contributed by atoms with Gasteiger partial charge in [0, 0.05) is 31.8 Å². The first-order valence-corrected chi connectivity index (χ1v) is 3.01. The van der Waals surface area contributed by atoms with Crippen molar-refractivity contribution in [3.05, 3.63) is 0 Å². The Kier molecular flexibility index (Phi) is 1.63. The van der Waals surface area contributed by atoms with E-state index in [2.05, 4.69) is 17.2 Å². The van der Waals surface area contributed by atoms with Crippen LogP contribution in [0.1, 0.15) is 6.92 Å². The molecule has 46 valence electrons. The van der Waals surface area contributed by atoms with Gasteiger partial charge in [0.05, 0.1) is 0 Å². The molecule has 0 aromatic rings. The van der Waals surface area contributed by atoms with Crippen LogP contribution in [0.3, 0.4) is 0 Å². The van der Waals surface area contributed by atoms with Crippen molar-refractivity contribution in [1.82, 2.24) is 5.32 Å². The van der Waals surface area contributed by atoms with E-state index in [9.17, 15) is 0 Å². The zero-order chi connectivity index (χ0) is 5.98. The van der Waals surface area contributed by atoms with Crippen molar-refractivity contribution in [2.24, 2.45) is 10.9 Å². The van der Waals surface area contributed by atoms with Crippen molar-refractivity contribution in [2.75, 3.05) is 20.1 Å². The smallest absolute Gasteiger partial charge is 0.0338 e. The third kappa shape index (κ3) is 0.892. The summed E-state index contributed by atoms with van der Waals surface area (Å²) in [7, 11) is 1.86. The summed E-state index contributed by atoms with van der Waals surface area (Å²) in [4.78, 5) is 4.12. The average Bonchev–Trinajstić information content (AvgIpc) is 2.14. The lowest BCUT2D eigenvalue weighted by atomic mass is 10.1. The number of hydrogen-bond acceptors (Lipinski definition) is 2. The maximum Gasteiger partial charge on any atom is 0.0338 e. The van der Waals surface area contributed by atoms with Gasteiger partial charge in [-0.1, -0.05) is 6.92 Å². The van der Waals surface area contributed by atoms with E-state index in [1.807, 2.05) is 7.05 Å². The van der Waals surface area contributed by atoms with Gasteiger partial charge in [-0.15, -0.1) is 0 Å². The van der Waals surface area contributed by atoms with Crippen LogP contribution >= 0.6 is 0 Å². The third-order valence-corrected chi connectivity index (χ3v) is 1.61. The summed E-state index contributed by atoms with van der Waals surface area (Å²) in [5.74, 6) is 0.667. The molecule has 8 heavy (non-hydrogen) atoms. The summed E-state index contributed by atoms with van der Waals surface area (Å²) >= 11 is 0. The first kappa shape index (κ1) is 5.76. The van der Waals surface area contributed by atoms with Crippen molar-refractivity contribution in [3.8, 4) is 0 Å². The molecule has 1 aliphatic heterocycles. The predicted octanol–water partition coefficient (Wildman–Crippen LogP) is 0.296. The highest BCUT2D eigenvalue weighted by Crippen LogP contribution is 2.01. The Balaban J connectivity index is 2.55. The number of rotatable bonds is 0. The second-order valence-electron chi connectivity index (χ2n) is 2.25. The van der Waals surface area contributed by atoms with Gasteiger partial charge in [-0.2, -0.15) is 0 Å². The summed E-state index contributed by atoms with van der Waals surface area (Å²) in [5, 5.41) is 3.24. The third-order valence-electron chi connectivity index (χ3n) is 1.61. The van der Waals surface area contributed by atoms with Gasteiger partial charge in [0.2, 0.25) is 0 Å². The minimum absolute atomic E-state index is 0.667. The zero-order valence-corrected chi connectivity index (χ0v) is 5.44. The van der Waals surface area contributed by atoms with Crippen LogP contribution in [-0.4, -0.2) is 25.8 Å². The quantitative estimate of drug-likeness (QED) is 0.479. The highest BCUT2D eigenvalue weighted by molar-refractivity contribution is 5.90. The molecule has 1 saturated heterocycles.